The monoisotopic (exact) mass is 246 g/mol. The van der Waals surface area contributed by atoms with Gasteiger partial charge in [0, 0.05) is 0 Å². The standard InChI is InChI=1S/C17H26O/c1-3-14-9-6-7-11-16(14)17(18)12-15-10-5-4-8-13(15)2/h4-5,8,10,14,16-18H,3,6-7,9,11-12H2,1-2H3. The Hall–Kier alpha value is -0.820. The molecule has 1 aliphatic carbocycles. The Morgan fingerprint density at radius 1 is 1.22 bits per heavy atom. The summed E-state index contributed by atoms with van der Waals surface area (Å²) in [5.74, 6) is 1.25. The van der Waals surface area contributed by atoms with Crippen LogP contribution in [-0.4, -0.2) is 11.2 Å². The molecule has 1 aliphatic rings. The van der Waals surface area contributed by atoms with Crippen LogP contribution in [0.4, 0.5) is 0 Å². The third-order valence-electron chi connectivity index (χ3n) is 4.68. The lowest BCUT2D eigenvalue weighted by Crippen LogP contribution is -2.32. The number of benzene rings is 1. The topological polar surface area (TPSA) is 20.2 Å². The van der Waals surface area contributed by atoms with E-state index in [0.29, 0.717) is 5.92 Å². The quantitative estimate of drug-likeness (QED) is 0.847. The molecular formula is C17H26O. The third-order valence-corrected chi connectivity index (χ3v) is 4.68. The third kappa shape index (κ3) is 3.14. The van der Waals surface area contributed by atoms with Crippen molar-refractivity contribution in [1.82, 2.24) is 0 Å². The zero-order chi connectivity index (χ0) is 13.0. The normalized spacial score (nSPS) is 25.9. The number of aryl methyl sites for hydroxylation is 1. The van der Waals surface area contributed by atoms with Crippen molar-refractivity contribution in [2.75, 3.05) is 0 Å². The van der Waals surface area contributed by atoms with Crippen LogP contribution in [0.1, 0.15) is 50.2 Å². The maximum atomic E-state index is 10.6. The van der Waals surface area contributed by atoms with E-state index in [9.17, 15) is 5.11 Å². The second-order valence-corrected chi connectivity index (χ2v) is 5.81. The first-order chi connectivity index (χ1) is 8.72. The largest absolute Gasteiger partial charge is 0.392 e. The van der Waals surface area contributed by atoms with E-state index in [4.69, 9.17) is 0 Å². The van der Waals surface area contributed by atoms with E-state index in [1.165, 1.54) is 43.2 Å². The fraction of sp³-hybridized carbons (Fsp3) is 0.647. The van der Waals surface area contributed by atoms with Gasteiger partial charge >= 0.3 is 0 Å². The Labute approximate surface area is 111 Å². The van der Waals surface area contributed by atoms with E-state index in [1.807, 2.05) is 0 Å². The minimum Gasteiger partial charge on any atom is -0.392 e. The van der Waals surface area contributed by atoms with E-state index >= 15 is 0 Å². The second kappa shape index (κ2) is 6.38. The van der Waals surface area contributed by atoms with Gasteiger partial charge in [0.1, 0.15) is 0 Å². The molecule has 0 heterocycles. The highest BCUT2D eigenvalue weighted by Crippen LogP contribution is 2.35. The Bertz CT molecular complexity index is 372. The van der Waals surface area contributed by atoms with Gasteiger partial charge in [0.2, 0.25) is 0 Å². The maximum Gasteiger partial charge on any atom is 0.0611 e. The van der Waals surface area contributed by atoms with Gasteiger partial charge in [-0.15, -0.1) is 0 Å². The molecule has 3 atom stereocenters. The van der Waals surface area contributed by atoms with Crippen molar-refractivity contribution in [1.29, 1.82) is 0 Å². The zero-order valence-electron chi connectivity index (χ0n) is 11.7. The van der Waals surface area contributed by atoms with Crippen LogP contribution >= 0.6 is 0 Å². The number of aliphatic hydroxyl groups is 1. The van der Waals surface area contributed by atoms with Crippen LogP contribution in [0.3, 0.4) is 0 Å². The molecule has 1 heteroatoms. The first-order valence-electron chi connectivity index (χ1n) is 7.45. The number of hydrogen-bond acceptors (Lipinski definition) is 1. The average molecular weight is 246 g/mol. The summed E-state index contributed by atoms with van der Waals surface area (Å²) in [5.41, 5.74) is 2.62. The SMILES string of the molecule is CCC1CCCCC1C(O)Cc1ccccc1C. The molecule has 0 spiro atoms. The first kappa shape index (κ1) is 13.6. The summed E-state index contributed by atoms with van der Waals surface area (Å²) in [6.07, 6.45) is 7.07. The predicted molar refractivity (Wildman–Crippen MR) is 76.6 cm³/mol. The van der Waals surface area contributed by atoms with Gasteiger partial charge in [0.15, 0.2) is 0 Å². The molecule has 0 saturated heterocycles. The van der Waals surface area contributed by atoms with E-state index in [-0.39, 0.29) is 6.10 Å². The van der Waals surface area contributed by atoms with Crippen LogP contribution in [0.15, 0.2) is 24.3 Å². The molecule has 1 aromatic rings. The van der Waals surface area contributed by atoms with E-state index in [2.05, 4.69) is 38.1 Å². The summed E-state index contributed by atoms with van der Waals surface area (Å²) in [4.78, 5) is 0. The van der Waals surface area contributed by atoms with Crippen LogP contribution in [0.2, 0.25) is 0 Å². The summed E-state index contributed by atoms with van der Waals surface area (Å²) in [6, 6.07) is 8.44. The summed E-state index contributed by atoms with van der Waals surface area (Å²) in [6.45, 7) is 4.41. The van der Waals surface area contributed by atoms with Crippen molar-refractivity contribution in [3.8, 4) is 0 Å². The number of hydrogen-bond donors (Lipinski definition) is 1. The molecule has 100 valence electrons. The van der Waals surface area contributed by atoms with Crippen molar-refractivity contribution in [2.45, 2.75) is 58.5 Å². The fourth-order valence-electron chi connectivity index (χ4n) is 3.47. The second-order valence-electron chi connectivity index (χ2n) is 5.81. The Balaban J connectivity index is 2.02. The van der Waals surface area contributed by atoms with Gasteiger partial charge in [-0.1, -0.05) is 56.9 Å². The molecule has 3 unspecified atom stereocenters. The smallest absolute Gasteiger partial charge is 0.0611 e. The molecule has 1 nitrogen and oxygen atoms in total. The molecule has 1 aromatic carbocycles. The van der Waals surface area contributed by atoms with Crippen LogP contribution in [0.25, 0.3) is 0 Å². The Kier molecular flexibility index (Phi) is 4.82. The molecule has 1 saturated carbocycles. The van der Waals surface area contributed by atoms with Gasteiger partial charge in [-0.3, -0.25) is 0 Å². The molecule has 1 fully saturated rings. The molecule has 18 heavy (non-hydrogen) atoms. The van der Waals surface area contributed by atoms with Gasteiger partial charge in [0.25, 0.3) is 0 Å². The molecule has 1 N–H and O–H groups in total. The number of rotatable bonds is 4. The predicted octanol–water partition coefficient (Wildman–Crippen LogP) is 4.11. The van der Waals surface area contributed by atoms with Crippen molar-refractivity contribution in [3.63, 3.8) is 0 Å². The highest BCUT2D eigenvalue weighted by molar-refractivity contribution is 5.26. The highest BCUT2D eigenvalue weighted by atomic mass is 16.3. The fourth-order valence-corrected chi connectivity index (χ4v) is 3.47. The lowest BCUT2D eigenvalue weighted by atomic mass is 9.73. The van der Waals surface area contributed by atoms with Gasteiger partial charge in [-0.25, -0.2) is 0 Å². The summed E-state index contributed by atoms with van der Waals surface area (Å²) in [7, 11) is 0. The van der Waals surface area contributed by atoms with Crippen LogP contribution in [0, 0.1) is 18.8 Å². The minimum absolute atomic E-state index is 0.156. The molecule has 2 rings (SSSR count). The van der Waals surface area contributed by atoms with Gasteiger partial charge in [-0.05, 0) is 42.7 Å². The van der Waals surface area contributed by atoms with Gasteiger partial charge in [-0.2, -0.15) is 0 Å². The summed E-state index contributed by atoms with van der Waals surface area (Å²) < 4.78 is 0. The van der Waals surface area contributed by atoms with E-state index in [0.717, 1.165) is 12.3 Å². The van der Waals surface area contributed by atoms with Crippen LogP contribution < -0.4 is 0 Å². The van der Waals surface area contributed by atoms with Crippen molar-refractivity contribution < 1.29 is 5.11 Å². The minimum atomic E-state index is -0.156. The summed E-state index contributed by atoms with van der Waals surface area (Å²) in [5, 5.41) is 10.6. The molecule has 0 radical (unpaired) electrons. The molecule has 0 amide bonds. The zero-order valence-corrected chi connectivity index (χ0v) is 11.7. The molecule has 0 aromatic heterocycles. The van der Waals surface area contributed by atoms with Crippen LogP contribution in [0.5, 0.6) is 0 Å². The van der Waals surface area contributed by atoms with E-state index < -0.39 is 0 Å². The van der Waals surface area contributed by atoms with E-state index in [1.54, 1.807) is 0 Å². The number of aliphatic hydroxyl groups excluding tert-OH is 1. The molecule has 0 bridgehead atoms. The van der Waals surface area contributed by atoms with Gasteiger partial charge < -0.3 is 5.11 Å². The average Bonchev–Trinajstić information content (AvgIpc) is 2.41. The first-order valence-corrected chi connectivity index (χ1v) is 7.45. The molecule has 0 aliphatic heterocycles. The van der Waals surface area contributed by atoms with Crippen molar-refractivity contribution >= 4 is 0 Å². The van der Waals surface area contributed by atoms with Crippen molar-refractivity contribution in [3.05, 3.63) is 35.4 Å². The van der Waals surface area contributed by atoms with Crippen molar-refractivity contribution in [2.24, 2.45) is 11.8 Å². The lowest BCUT2D eigenvalue weighted by molar-refractivity contribution is 0.0463. The Morgan fingerprint density at radius 3 is 2.67 bits per heavy atom. The Morgan fingerprint density at radius 2 is 1.94 bits per heavy atom. The summed E-state index contributed by atoms with van der Waals surface area (Å²) >= 11 is 0. The van der Waals surface area contributed by atoms with Crippen LogP contribution in [-0.2, 0) is 6.42 Å². The maximum absolute atomic E-state index is 10.6. The lowest BCUT2D eigenvalue weighted by Gasteiger charge is -2.34. The van der Waals surface area contributed by atoms with Gasteiger partial charge in [0.05, 0.1) is 6.10 Å². The highest BCUT2D eigenvalue weighted by Gasteiger charge is 2.29. The molecular weight excluding hydrogens is 220 g/mol.